The average molecular weight is 394 g/mol. The maximum Gasteiger partial charge on any atom is 0.434 e. The summed E-state index contributed by atoms with van der Waals surface area (Å²) < 4.78 is 56.2. The largest absolute Gasteiger partial charge is 0.434 e. The van der Waals surface area contributed by atoms with Crippen LogP contribution >= 0.6 is 0 Å². The van der Waals surface area contributed by atoms with Gasteiger partial charge in [0.15, 0.2) is 5.69 Å². The first-order chi connectivity index (χ1) is 12.7. The number of rotatable bonds is 5. The number of halogens is 4. The molecule has 150 valence electrons. The van der Waals surface area contributed by atoms with Gasteiger partial charge in [0.05, 0.1) is 31.0 Å². The number of carbonyl (C=O) groups excluding carboxylic acids is 1. The van der Waals surface area contributed by atoms with E-state index in [-0.39, 0.29) is 25.4 Å². The predicted octanol–water partition coefficient (Wildman–Crippen LogP) is -0.129. The number of nitrogens with zero attached hydrogens (tertiary/aromatic N) is 2. The van der Waals surface area contributed by atoms with Crippen LogP contribution < -0.4 is 10.6 Å². The van der Waals surface area contributed by atoms with E-state index in [1.165, 1.54) is 0 Å². The molecule has 2 heterocycles. The number of anilines is 1. The summed E-state index contributed by atoms with van der Waals surface area (Å²) in [5.74, 6) is -1.42. The Bertz CT molecular complexity index is 692. The lowest BCUT2D eigenvalue weighted by Crippen LogP contribution is -2.58. The third-order valence-corrected chi connectivity index (χ3v) is 4.42. The average Bonchev–Trinajstić information content (AvgIpc) is 3.34. The Morgan fingerprint density at radius 2 is 2.00 bits per heavy atom. The van der Waals surface area contributed by atoms with E-state index in [2.05, 4.69) is 20.6 Å². The quantitative estimate of drug-likeness (QED) is 0.514. The molecule has 1 amide bonds. The fraction of sp³-hybridized carbons (Fsp3) is 0.667. The third kappa shape index (κ3) is 4.62. The second-order valence-electron chi connectivity index (χ2n) is 6.49. The van der Waals surface area contributed by atoms with Gasteiger partial charge in [-0.1, -0.05) is 0 Å². The van der Waals surface area contributed by atoms with Crippen molar-refractivity contribution >= 4 is 11.7 Å². The van der Waals surface area contributed by atoms with Gasteiger partial charge in [-0.15, -0.1) is 0 Å². The molecule has 4 N–H and O–H groups in total. The Morgan fingerprint density at radius 1 is 1.30 bits per heavy atom. The van der Waals surface area contributed by atoms with Crippen LogP contribution in [0.15, 0.2) is 12.4 Å². The predicted molar refractivity (Wildman–Crippen MR) is 82.2 cm³/mol. The molecule has 1 aromatic rings. The Balaban J connectivity index is 1.55. The number of aromatic nitrogens is 2. The molecule has 0 bridgehead atoms. The molecule has 2 fully saturated rings. The van der Waals surface area contributed by atoms with E-state index in [9.17, 15) is 32.6 Å². The summed E-state index contributed by atoms with van der Waals surface area (Å²) in [7, 11) is 0. The molecule has 6 atom stereocenters. The Morgan fingerprint density at radius 3 is 2.63 bits per heavy atom. The molecular weight excluding hydrogens is 376 g/mol. The van der Waals surface area contributed by atoms with Crippen molar-refractivity contribution in [1.82, 2.24) is 15.3 Å². The van der Waals surface area contributed by atoms with Crippen molar-refractivity contribution in [3.05, 3.63) is 18.1 Å². The fourth-order valence-electron chi connectivity index (χ4n) is 2.72. The molecule has 2 unspecified atom stereocenters. The molecule has 8 nitrogen and oxygen atoms in total. The minimum atomic E-state index is -4.67. The van der Waals surface area contributed by atoms with Crippen molar-refractivity contribution < 1.29 is 37.3 Å². The van der Waals surface area contributed by atoms with Crippen molar-refractivity contribution in [3.63, 3.8) is 0 Å². The highest BCUT2D eigenvalue weighted by Gasteiger charge is 2.44. The second-order valence-corrected chi connectivity index (χ2v) is 6.49. The topological polar surface area (TPSA) is 117 Å². The van der Waals surface area contributed by atoms with Crippen LogP contribution in [0.5, 0.6) is 0 Å². The first kappa shape index (κ1) is 19.7. The number of ether oxygens (including phenoxy) is 1. The summed E-state index contributed by atoms with van der Waals surface area (Å²) in [6, 6.07) is -0.941. The van der Waals surface area contributed by atoms with Gasteiger partial charge in [-0.05, 0) is 6.42 Å². The number of nitrogens with one attached hydrogen (secondary N) is 2. The molecule has 2 aliphatic rings. The summed E-state index contributed by atoms with van der Waals surface area (Å²) in [6.45, 7) is -0.289. The summed E-state index contributed by atoms with van der Waals surface area (Å²) in [6.07, 6.45) is -7.82. The minimum absolute atomic E-state index is 0.129. The van der Waals surface area contributed by atoms with E-state index in [1.54, 1.807) is 0 Å². The van der Waals surface area contributed by atoms with Crippen LogP contribution in [0.25, 0.3) is 0 Å². The number of alkyl halides is 4. The van der Waals surface area contributed by atoms with Crippen molar-refractivity contribution in [2.24, 2.45) is 5.92 Å². The summed E-state index contributed by atoms with van der Waals surface area (Å²) in [4.78, 5) is 18.4. The summed E-state index contributed by atoms with van der Waals surface area (Å²) >= 11 is 0. The molecule has 0 radical (unpaired) electrons. The zero-order chi connectivity index (χ0) is 19.8. The van der Waals surface area contributed by atoms with E-state index in [0.29, 0.717) is 6.20 Å². The number of aliphatic hydroxyl groups excluding tert-OH is 2. The Labute approximate surface area is 150 Å². The Hall–Kier alpha value is -2.05. The van der Waals surface area contributed by atoms with Gasteiger partial charge in [-0.2, -0.15) is 13.2 Å². The van der Waals surface area contributed by atoms with Crippen molar-refractivity contribution in [2.45, 2.75) is 43.1 Å². The van der Waals surface area contributed by atoms with E-state index >= 15 is 0 Å². The Kier molecular flexibility index (Phi) is 5.49. The number of carbonyl (C=O) groups is 1. The van der Waals surface area contributed by atoms with Gasteiger partial charge in [0.25, 0.3) is 0 Å². The van der Waals surface area contributed by atoms with E-state index in [0.717, 1.165) is 6.20 Å². The van der Waals surface area contributed by atoms with Crippen molar-refractivity contribution in [1.29, 1.82) is 0 Å². The van der Waals surface area contributed by atoms with E-state index < -0.39 is 54.2 Å². The zero-order valence-electron chi connectivity index (χ0n) is 13.9. The molecule has 1 saturated heterocycles. The minimum Gasteiger partial charge on any atom is -0.388 e. The lowest BCUT2D eigenvalue weighted by molar-refractivity contribution is -0.143. The first-order valence-corrected chi connectivity index (χ1v) is 8.22. The maximum absolute atomic E-state index is 12.8. The van der Waals surface area contributed by atoms with Crippen LogP contribution in [0.3, 0.4) is 0 Å². The zero-order valence-corrected chi connectivity index (χ0v) is 13.9. The smallest absolute Gasteiger partial charge is 0.388 e. The molecule has 1 aromatic heterocycles. The molecule has 0 spiro atoms. The van der Waals surface area contributed by atoms with Gasteiger partial charge in [0.1, 0.15) is 30.3 Å². The molecule has 12 heteroatoms. The SMILES string of the molecule is O=C(NC[C@H]1OC[C@H](Nc2cncc(C(F)(F)F)n2)[C@@H](O)[C@H]1O)C1CC1F. The van der Waals surface area contributed by atoms with Gasteiger partial charge in [0.2, 0.25) is 5.91 Å². The molecule has 1 saturated carbocycles. The van der Waals surface area contributed by atoms with Crippen LogP contribution in [0.1, 0.15) is 12.1 Å². The highest BCUT2D eigenvalue weighted by molar-refractivity contribution is 5.82. The third-order valence-electron chi connectivity index (χ3n) is 4.42. The number of hydrogen-bond donors (Lipinski definition) is 4. The van der Waals surface area contributed by atoms with Crippen LogP contribution in [0.2, 0.25) is 0 Å². The van der Waals surface area contributed by atoms with Crippen LogP contribution in [-0.4, -0.2) is 69.8 Å². The van der Waals surface area contributed by atoms with Crippen molar-refractivity contribution in [2.75, 3.05) is 18.5 Å². The maximum atomic E-state index is 12.8. The molecule has 1 aliphatic heterocycles. The summed E-state index contributed by atoms with van der Waals surface area (Å²) in [5.41, 5.74) is -1.20. The fourth-order valence-corrected chi connectivity index (χ4v) is 2.72. The second kappa shape index (κ2) is 7.52. The molecule has 0 aromatic carbocycles. The molecule has 27 heavy (non-hydrogen) atoms. The highest BCUT2D eigenvalue weighted by atomic mass is 19.4. The summed E-state index contributed by atoms with van der Waals surface area (Å²) in [5, 5.41) is 25.3. The van der Waals surface area contributed by atoms with Gasteiger partial charge < -0.3 is 25.6 Å². The normalized spacial score (nSPS) is 33.4. The van der Waals surface area contributed by atoms with Crippen molar-refractivity contribution in [3.8, 4) is 0 Å². The van der Waals surface area contributed by atoms with Gasteiger partial charge in [-0.3, -0.25) is 9.78 Å². The monoisotopic (exact) mass is 394 g/mol. The lowest BCUT2D eigenvalue weighted by Gasteiger charge is -2.38. The van der Waals surface area contributed by atoms with E-state index in [4.69, 9.17) is 4.74 Å². The number of hydrogen-bond acceptors (Lipinski definition) is 7. The number of aliphatic hydroxyl groups is 2. The van der Waals surface area contributed by atoms with Crippen LogP contribution in [-0.2, 0) is 15.7 Å². The molecule has 3 rings (SSSR count). The van der Waals surface area contributed by atoms with Gasteiger partial charge >= 0.3 is 6.18 Å². The highest BCUT2D eigenvalue weighted by Crippen LogP contribution is 2.33. The molecular formula is C15H18F4N4O4. The van der Waals surface area contributed by atoms with Gasteiger partial charge in [-0.25, -0.2) is 9.37 Å². The molecule has 1 aliphatic carbocycles. The first-order valence-electron chi connectivity index (χ1n) is 8.22. The lowest BCUT2D eigenvalue weighted by atomic mass is 9.98. The van der Waals surface area contributed by atoms with E-state index in [1.807, 2.05) is 0 Å². The number of amides is 1. The van der Waals surface area contributed by atoms with Crippen LogP contribution in [0, 0.1) is 5.92 Å². The van der Waals surface area contributed by atoms with Crippen LogP contribution in [0.4, 0.5) is 23.4 Å². The van der Waals surface area contributed by atoms with Gasteiger partial charge in [0, 0.05) is 6.54 Å². The standard InChI is InChI=1S/C15H18F4N4O4/c16-7-1-6(7)14(26)21-2-9-13(25)12(24)8(5-27-9)22-11-4-20-3-10(23-11)15(17,18)19/h3-4,6-9,12-13,24-25H,1-2,5H2,(H,21,26)(H,22,23)/t6?,7?,8-,9+,12+,13-/m0/s1.